The van der Waals surface area contributed by atoms with Gasteiger partial charge in [0, 0.05) is 73.2 Å². The first kappa shape index (κ1) is 32.0. The monoisotopic (exact) mass is 642 g/mol. The van der Waals surface area contributed by atoms with Gasteiger partial charge < -0.3 is 14.2 Å². The third-order valence-electron chi connectivity index (χ3n) is 5.43. The van der Waals surface area contributed by atoms with Gasteiger partial charge in [0.25, 0.3) is 11.8 Å². The van der Waals surface area contributed by atoms with E-state index in [0.717, 1.165) is 0 Å². The number of benzene rings is 2. The van der Waals surface area contributed by atoms with Gasteiger partial charge in [-0.25, -0.2) is 10.9 Å². The molecule has 0 saturated heterocycles. The molecule has 2 aromatic carbocycles. The van der Waals surface area contributed by atoms with Crippen molar-refractivity contribution in [1.29, 1.82) is 0 Å². The zero-order valence-corrected chi connectivity index (χ0v) is 25.0. The number of carbonyl (C=O) groups excluding carboxylic acids is 2. The van der Waals surface area contributed by atoms with Crippen molar-refractivity contribution in [3.05, 3.63) is 120 Å². The fourth-order valence-electron chi connectivity index (χ4n) is 3.42. The summed E-state index contributed by atoms with van der Waals surface area (Å²) in [7, 11) is 0. The van der Waals surface area contributed by atoms with Crippen LogP contribution in [-0.4, -0.2) is 60.6 Å². The molecule has 0 aliphatic rings. The van der Waals surface area contributed by atoms with E-state index in [-0.39, 0.29) is 38.0 Å². The third-order valence-corrected chi connectivity index (χ3v) is 5.43. The van der Waals surface area contributed by atoms with Gasteiger partial charge in [0.2, 0.25) is 0 Å². The van der Waals surface area contributed by atoms with Crippen molar-refractivity contribution in [3.8, 4) is 11.5 Å². The Kier molecular flexibility index (Phi) is 13.7. The van der Waals surface area contributed by atoms with Gasteiger partial charge >= 0.3 is 0 Å². The Morgan fingerprint density at radius 1 is 0.619 bits per heavy atom. The van der Waals surface area contributed by atoms with Crippen LogP contribution in [0.3, 0.4) is 0 Å². The Balaban J connectivity index is 0.00000484. The average molecular weight is 644 g/mol. The Hall–Kier alpha value is -4.54. The molecule has 4 aromatic rings. The van der Waals surface area contributed by atoms with Crippen molar-refractivity contribution >= 4 is 24.2 Å². The quantitative estimate of drug-likeness (QED) is 0.122. The van der Waals surface area contributed by atoms with Crippen molar-refractivity contribution in [2.75, 3.05) is 26.4 Å². The number of hydrazone groups is 2. The number of amides is 2. The van der Waals surface area contributed by atoms with Gasteiger partial charge in [0.1, 0.15) is 24.7 Å². The fourth-order valence-corrected chi connectivity index (χ4v) is 3.42. The molecule has 2 N–H and O–H groups in total. The van der Waals surface area contributed by atoms with Crippen LogP contribution in [-0.2, 0) is 30.9 Å². The summed E-state index contributed by atoms with van der Waals surface area (Å²) in [6.45, 7) is 1.32. The fraction of sp³-hybridized carbons (Fsp3) is 0.133. The zero-order valence-electron chi connectivity index (χ0n) is 22.6. The third kappa shape index (κ3) is 10.5. The maximum atomic E-state index is 12.1. The molecule has 11 nitrogen and oxygen atoms in total. The maximum Gasteiger partial charge on any atom is 0.271 e. The molecule has 0 unspecified atom stereocenters. The van der Waals surface area contributed by atoms with Gasteiger partial charge in [-0.1, -0.05) is 24.3 Å². The van der Waals surface area contributed by atoms with E-state index in [1.54, 1.807) is 49.1 Å². The normalized spacial score (nSPS) is 10.7. The number of ether oxygens (including phenoxy) is 3. The van der Waals surface area contributed by atoms with Crippen molar-refractivity contribution < 1.29 is 50.0 Å². The summed E-state index contributed by atoms with van der Waals surface area (Å²) in [6, 6.07) is 21.1. The smallest absolute Gasteiger partial charge is 0.271 e. The van der Waals surface area contributed by atoms with Crippen LogP contribution in [0.1, 0.15) is 31.8 Å². The SMILES string of the molecule is O=C(NN=Cc1ccccc1OCCOCCOc1ccccc1C=NNC(=O)c1ccncc1)c1ccncc1.[Zr]. The molecule has 0 fully saturated rings. The second-order valence-corrected chi connectivity index (χ2v) is 8.25. The summed E-state index contributed by atoms with van der Waals surface area (Å²) in [5.74, 6) is 0.553. The largest absolute Gasteiger partial charge is 0.491 e. The zero-order chi connectivity index (χ0) is 28.5. The van der Waals surface area contributed by atoms with Gasteiger partial charge in [0.05, 0.1) is 25.6 Å². The van der Waals surface area contributed by atoms with E-state index < -0.39 is 0 Å². The van der Waals surface area contributed by atoms with Crippen LogP contribution in [0.2, 0.25) is 0 Å². The molecule has 0 atom stereocenters. The number of carbonyl (C=O) groups is 2. The van der Waals surface area contributed by atoms with Crippen LogP contribution in [0.4, 0.5) is 0 Å². The average Bonchev–Trinajstić information content (AvgIpc) is 3.02. The van der Waals surface area contributed by atoms with Gasteiger partial charge in [-0.3, -0.25) is 19.6 Å². The molecule has 212 valence electrons. The Morgan fingerprint density at radius 3 is 1.45 bits per heavy atom. The van der Waals surface area contributed by atoms with E-state index in [1.165, 1.54) is 12.4 Å². The summed E-state index contributed by atoms with van der Waals surface area (Å²) in [5.41, 5.74) is 7.31. The van der Waals surface area contributed by atoms with Gasteiger partial charge in [-0.15, -0.1) is 0 Å². The first-order valence-corrected chi connectivity index (χ1v) is 12.7. The predicted molar refractivity (Wildman–Crippen MR) is 153 cm³/mol. The molecule has 0 spiro atoms. The molecule has 0 aliphatic heterocycles. The topological polar surface area (TPSA) is 136 Å². The summed E-state index contributed by atoms with van der Waals surface area (Å²) in [4.78, 5) is 32.0. The number of aromatic nitrogens is 2. The van der Waals surface area contributed by atoms with Gasteiger partial charge in [0.15, 0.2) is 0 Å². The number of nitrogens with one attached hydrogen (secondary N) is 2. The van der Waals surface area contributed by atoms with Crippen molar-refractivity contribution in [3.63, 3.8) is 0 Å². The molecule has 0 aliphatic carbocycles. The van der Waals surface area contributed by atoms with Crippen LogP contribution in [0.25, 0.3) is 0 Å². The number of pyridine rings is 2. The molecular weight excluding hydrogens is 616 g/mol. The molecule has 2 heterocycles. The molecule has 2 amide bonds. The van der Waals surface area contributed by atoms with E-state index in [1.807, 2.05) is 48.5 Å². The van der Waals surface area contributed by atoms with E-state index in [2.05, 4.69) is 31.0 Å². The second kappa shape index (κ2) is 18.0. The van der Waals surface area contributed by atoms with E-state index in [9.17, 15) is 9.59 Å². The first-order valence-electron chi connectivity index (χ1n) is 12.7. The van der Waals surface area contributed by atoms with Crippen LogP contribution >= 0.6 is 0 Å². The van der Waals surface area contributed by atoms with E-state index >= 15 is 0 Å². The molecule has 0 saturated carbocycles. The minimum atomic E-state index is -0.333. The summed E-state index contributed by atoms with van der Waals surface area (Å²) in [6.07, 6.45) is 9.21. The molecule has 0 bridgehead atoms. The Bertz CT molecular complexity index is 1360. The van der Waals surface area contributed by atoms with Gasteiger partial charge in [-0.05, 0) is 48.5 Å². The molecule has 4 rings (SSSR count). The van der Waals surface area contributed by atoms with Crippen molar-refractivity contribution in [2.24, 2.45) is 10.2 Å². The molecule has 0 radical (unpaired) electrons. The predicted octanol–water partition coefficient (Wildman–Crippen LogP) is 3.48. The van der Waals surface area contributed by atoms with Crippen LogP contribution in [0.5, 0.6) is 11.5 Å². The van der Waals surface area contributed by atoms with Crippen LogP contribution in [0.15, 0.2) is 108 Å². The Labute approximate surface area is 262 Å². The molecule has 42 heavy (non-hydrogen) atoms. The molecular formula is C30H28N6O5Zr. The number of hydrogen-bond donors (Lipinski definition) is 2. The number of hydrogen-bond acceptors (Lipinski definition) is 9. The second-order valence-electron chi connectivity index (χ2n) is 8.25. The maximum absolute atomic E-state index is 12.1. The summed E-state index contributed by atoms with van der Waals surface area (Å²) in [5, 5.41) is 8.04. The van der Waals surface area contributed by atoms with Crippen LogP contribution < -0.4 is 20.3 Å². The molecule has 2 aromatic heterocycles. The summed E-state index contributed by atoms with van der Waals surface area (Å²) < 4.78 is 17.3. The summed E-state index contributed by atoms with van der Waals surface area (Å²) >= 11 is 0. The minimum absolute atomic E-state index is 0. The number of rotatable bonds is 14. The van der Waals surface area contributed by atoms with Crippen molar-refractivity contribution in [1.82, 2.24) is 20.8 Å². The standard InChI is InChI=1S/C30H28N6O5.Zr/c37-29(23-9-13-31-14-10-23)35-33-21-25-5-1-3-7-27(25)40-19-17-39-18-20-41-28-8-4-2-6-26(28)22-34-36-30(38)24-11-15-32-16-12-24;/h1-16,21-22H,17-20H2,(H,35,37)(H,36,38);. The van der Waals surface area contributed by atoms with Crippen LogP contribution in [0, 0.1) is 0 Å². The number of nitrogens with zero attached hydrogens (tertiary/aromatic N) is 4. The van der Waals surface area contributed by atoms with Gasteiger partial charge in [-0.2, -0.15) is 10.2 Å². The van der Waals surface area contributed by atoms with E-state index in [4.69, 9.17) is 14.2 Å². The number of para-hydroxylation sites is 2. The van der Waals surface area contributed by atoms with Crippen molar-refractivity contribution in [2.45, 2.75) is 0 Å². The van der Waals surface area contributed by atoms with E-state index in [0.29, 0.717) is 60.2 Å². The first-order chi connectivity index (χ1) is 20.2. The molecule has 12 heteroatoms. The Morgan fingerprint density at radius 2 is 1.02 bits per heavy atom. The minimum Gasteiger partial charge on any atom is -0.491 e.